The second-order valence-electron chi connectivity index (χ2n) is 21.1. The maximum atomic E-state index is 13.5. The Morgan fingerprint density at radius 1 is 0.842 bits per heavy atom. The van der Waals surface area contributed by atoms with Crippen LogP contribution in [0.4, 0.5) is 0 Å². The standard InChI is InChI=1S/C43H83NO10Si3/c1-30(27-50-28-31-21-23-32(48-13)24-22-31)38-43(11,52-38)39(54-57(19,20)42(8,9)10)34(29-51-55(15,16)40(2,3)4)37(47)33(26-45)35(25-36(46)44(12)49-14)53-56(17,18)41(5,6)7/h21-24,30,33-35,37-39,45,47H,25-29H2,1-20H3/t30-,33-,34-,35-,37+,38+,39-,43?/m0/s1. The first-order valence-corrected chi connectivity index (χ1v) is 29.5. The van der Waals surface area contributed by atoms with E-state index in [0.29, 0.717) is 13.2 Å². The van der Waals surface area contributed by atoms with Gasteiger partial charge in [0.25, 0.3) is 0 Å². The number of hydrogen-bond acceptors (Lipinski definition) is 10. The van der Waals surface area contributed by atoms with Gasteiger partial charge in [0.1, 0.15) is 11.4 Å². The first kappa shape index (κ1) is 52.0. The third-order valence-corrected chi connectivity index (χ3v) is 27.1. The predicted molar refractivity (Wildman–Crippen MR) is 237 cm³/mol. The van der Waals surface area contributed by atoms with Crippen molar-refractivity contribution in [1.82, 2.24) is 5.06 Å². The Morgan fingerprint density at radius 3 is 1.81 bits per heavy atom. The van der Waals surface area contributed by atoms with Gasteiger partial charge < -0.3 is 37.7 Å². The molecule has 1 heterocycles. The van der Waals surface area contributed by atoms with Gasteiger partial charge in [-0.15, -0.1) is 0 Å². The van der Waals surface area contributed by atoms with E-state index < -0.39 is 67.3 Å². The maximum absolute atomic E-state index is 13.5. The summed E-state index contributed by atoms with van der Waals surface area (Å²) in [5.41, 5.74) is 0.246. The molecule has 1 saturated heterocycles. The highest BCUT2D eigenvalue weighted by Crippen LogP contribution is 2.52. The molecule has 0 radical (unpaired) electrons. The van der Waals surface area contributed by atoms with E-state index in [4.69, 9.17) is 32.3 Å². The summed E-state index contributed by atoms with van der Waals surface area (Å²) in [6.45, 7) is 37.6. The molecule has 0 aromatic heterocycles. The number of aliphatic hydroxyl groups is 2. The molecule has 1 aromatic carbocycles. The number of carbonyl (C=O) groups is 1. The molecule has 2 N–H and O–H groups in total. The van der Waals surface area contributed by atoms with E-state index in [1.54, 1.807) is 14.2 Å². The van der Waals surface area contributed by atoms with Crippen LogP contribution in [-0.2, 0) is 39.0 Å². The summed E-state index contributed by atoms with van der Waals surface area (Å²) in [4.78, 5) is 18.8. The van der Waals surface area contributed by atoms with Crippen LogP contribution in [0.3, 0.4) is 0 Å². The lowest BCUT2D eigenvalue weighted by Crippen LogP contribution is -2.58. The third-order valence-electron chi connectivity index (χ3n) is 13.7. The van der Waals surface area contributed by atoms with Gasteiger partial charge in [-0.2, -0.15) is 0 Å². The first-order chi connectivity index (χ1) is 25.8. The highest BCUT2D eigenvalue weighted by atomic mass is 28.4. The SMILES string of the molecule is COc1ccc(COC[C@H](C)[C@H]2OC2(C)[C@@H](O[Si](C)(C)C(C)(C)C)[C@@H](CO[Si](C)(C)C(C)(C)C)[C@H](O)[C@@H](CO)[C@H](CC(=O)N(C)OC)O[Si](C)(C)C(C)(C)C)cc1. The molecule has 57 heavy (non-hydrogen) atoms. The van der Waals surface area contributed by atoms with Crippen molar-refractivity contribution in [2.75, 3.05) is 41.1 Å². The molecule has 0 bridgehead atoms. The van der Waals surface area contributed by atoms with Crippen LogP contribution < -0.4 is 4.74 Å². The molecular formula is C43H83NO10Si3. The molecule has 1 aromatic rings. The summed E-state index contributed by atoms with van der Waals surface area (Å²) in [6, 6.07) is 7.85. The fraction of sp³-hybridized carbons (Fsp3) is 0.837. The molecule has 1 unspecified atom stereocenters. The Balaban J connectivity index is 2.70. The van der Waals surface area contributed by atoms with Gasteiger partial charge in [0.2, 0.25) is 5.91 Å². The number of benzene rings is 1. The lowest BCUT2D eigenvalue weighted by Gasteiger charge is -2.47. The average Bonchev–Trinajstić information content (AvgIpc) is 3.78. The largest absolute Gasteiger partial charge is 0.497 e. The Bertz CT molecular complexity index is 1410. The molecule has 1 amide bonds. The summed E-state index contributed by atoms with van der Waals surface area (Å²) in [7, 11) is -2.75. The number of aliphatic hydroxyl groups excluding tert-OH is 2. The third kappa shape index (κ3) is 13.4. The van der Waals surface area contributed by atoms with Gasteiger partial charge in [-0.3, -0.25) is 9.63 Å². The van der Waals surface area contributed by atoms with E-state index >= 15 is 0 Å². The Hall–Kier alpha value is -1.18. The molecule has 8 atom stereocenters. The topological polar surface area (TPSA) is 129 Å². The number of hydrogen-bond donors (Lipinski definition) is 2. The Kier molecular flexibility index (Phi) is 17.9. The van der Waals surface area contributed by atoms with Crippen LogP contribution in [0.2, 0.25) is 54.4 Å². The number of methoxy groups -OCH3 is 1. The molecule has 0 aliphatic carbocycles. The Labute approximate surface area is 350 Å². The van der Waals surface area contributed by atoms with Gasteiger partial charge in [0.15, 0.2) is 25.0 Å². The zero-order valence-corrected chi connectivity index (χ0v) is 42.5. The monoisotopic (exact) mass is 858 g/mol. The van der Waals surface area contributed by atoms with Crippen molar-refractivity contribution in [2.24, 2.45) is 17.8 Å². The van der Waals surface area contributed by atoms with Crippen LogP contribution in [0.5, 0.6) is 5.75 Å². The number of rotatable bonds is 22. The highest BCUT2D eigenvalue weighted by Gasteiger charge is 2.65. The fourth-order valence-electron chi connectivity index (χ4n) is 6.33. The van der Waals surface area contributed by atoms with E-state index in [1.165, 1.54) is 12.2 Å². The van der Waals surface area contributed by atoms with Crippen molar-refractivity contribution in [2.45, 2.75) is 174 Å². The van der Waals surface area contributed by atoms with Crippen LogP contribution in [0.1, 0.15) is 88.1 Å². The van der Waals surface area contributed by atoms with Crippen LogP contribution in [0.25, 0.3) is 0 Å². The van der Waals surface area contributed by atoms with Gasteiger partial charge in [-0.1, -0.05) is 81.4 Å². The van der Waals surface area contributed by atoms with Crippen molar-refractivity contribution < 1.29 is 47.3 Å². The number of ether oxygens (including phenoxy) is 3. The lowest BCUT2D eigenvalue weighted by molar-refractivity contribution is -0.172. The maximum Gasteiger partial charge on any atom is 0.248 e. The molecule has 14 heteroatoms. The number of amides is 1. The minimum absolute atomic E-state index is 0.00312. The Morgan fingerprint density at radius 2 is 1.35 bits per heavy atom. The second kappa shape index (κ2) is 19.7. The van der Waals surface area contributed by atoms with E-state index in [1.807, 2.05) is 24.3 Å². The van der Waals surface area contributed by atoms with Crippen LogP contribution in [0, 0.1) is 17.8 Å². The van der Waals surface area contributed by atoms with E-state index in [2.05, 4.69) is 115 Å². The van der Waals surface area contributed by atoms with E-state index in [0.717, 1.165) is 11.3 Å². The summed E-state index contributed by atoms with van der Waals surface area (Å²) in [6.07, 6.45) is -2.93. The quantitative estimate of drug-likeness (QED) is 0.0664. The lowest BCUT2D eigenvalue weighted by atomic mass is 9.78. The molecule has 0 spiro atoms. The van der Waals surface area contributed by atoms with Gasteiger partial charge in [0.05, 0.1) is 64.9 Å². The van der Waals surface area contributed by atoms with E-state index in [-0.39, 0.29) is 46.1 Å². The average molecular weight is 858 g/mol. The van der Waals surface area contributed by atoms with E-state index in [9.17, 15) is 15.0 Å². The van der Waals surface area contributed by atoms with Crippen LogP contribution in [0.15, 0.2) is 24.3 Å². The summed E-state index contributed by atoms with van der Waals surface area (Å²) in [5.74, 6) is -1.00. The van der Waals surface area contributed by atoms with Crippen LogP contribution in [-0.4, -0.2) is 117 Å². The first-order valence-electron chi connectivity index (χ1n) is 20.8. The van der Waals surface area contributed by atoms with Gasteiger partial charge >= 0.3 is 0 Å². The normalized spacial score (nSPS) is 21.7. The summed E-state index contributed by atoms with van der Waals surface area (Å²) in [5, 5.41) is 25.0. The fourth-order valence-corrected chi connectivity index (χ4v) is 10.1. The summed E-state index contributed by atoms with van der Waals surface area (Å²) >= 11 is 0. The predicted octanol–water partition coefficient (Wildman–Crippen LogP) is 8.80. The minimum Gasteiger partial charge on any atom is -0.497 e. The second-order valence-corrected chi connectivity index (χ2v) is 35.5. The zero-order valence-electron chi connectivity index (χ0n) is 39.5. The molecule has 332 valence electrons. The van der Waals surface area contributed by atoms with Crippen molar-refractivity contribution in [3.63, 3.8) is 0 Å². The number of nitrogens with zero attached hydrogens (tertiary/aromatic N) is 1. The number of epoxide rings is 1. The van der Waals surface area contributed by atoms with Crippen molar-refractivity contribution >= 4 is 30.9 Å². The van der Waals surface area contributed by atoms with Crippen molar-refractivity contribution in [3.8, 4) is 5.75 Å². The minimum atomic E-state index is -2.52. The molecule has 1 fully saturated rings. The molecule has 0 saturated carbocycles. The zero-order chi connectivity index (χ0) is 44.2. The highest BCUT2D eigenvalue weighted by molar-refractivity contribution is 6.75. The van der Waals surface area contributed by atoms with Gasteiger partial charge in [0, 0.05) is 31.4 Å². The molecule has 1 aliphatic rings. The molecule has 1 aliphatic heterocycles. The van der Waals surface area contributed by atoms with Crippen molar-refractivity contribution in [1.29, 1.82) is 0 Å². The smallest absolute Gasteiger partial charge is 0.248 e. The van der Waals surface area contributed by atoms with Crippen LogP contribution >= 0.6 is 0 Å². The van der Waals surface area contributed by atoms with Gasteiger partial charge in [-0.05, 0) is 79.0 Å². The molecule has 2 rings (SSSR count). The molecular weight excluding hydrogens is 775 g/mol. The summed E-state index contributed by atoms with van der Waals surface area (Å²) < 4.78 is 39.7. The van der Waals surface area contributed by atoms with Gasteiger partial charge in [-0.25, -0.2) is 5.06 Å². The van der Waals surface area contributed by atoms with Crippen molar-refractivity contribution in [3.05, 3.63) is 29.8 Å². The molecule has 11 nitrogen and oxygen atoms in total. The number of hydroxylamine groups is 2. The number of carbonyl (C=O) groups excluding carboxylic acids is 1.